The molecule has 0 radical (unpaired) electrons. The third-order valence-corrected chi connectivity index (χ3v) is 2.95. The van der Waals surface area contributed by atoms with Crippen LogP contribution in [0.15, 0.2) is 0 Å². The summed E-state index contributed by atoms with van der Waals surface area (Å²) in [5, 5.41) is 2.84. The smallest absolute Gasteiger partial charge is 0.316 e. The minimum Gasteiger partial charge on any atom is -0.316 e. The Balaban J connectivity index is 2.10. The van der Waals surface area contributed by atoms with Crippen LogP contribution in [0.4, 0.5) is 13.2 Å². The molecule has 6 heteroatoms. The number of nitrogens with one attached hydrogen (secondary N) is 1. The Bertz CT molecular complexity index is 272. The number of carbonyl (C=O) groups excluding carboxylic acids is 1. The molecule has 0 bridgehead atoms. The van der Waals surface area contributed by atoms with Crippen LogP contribution < -0.4 is 5.32 Å². The summed E-state index contributed by atoms with van der Waals surface area (Å²) in [6, 6.07) is -1.69. The van der Waals surface area contributed by atoms with Gasteiger partial charge in [0.2, 0.25) is 5.91 Å². The van der Waals surface area contributed by atoms with Crippen LogP contribution >= 0.6 is 0 Å². The Morgan fingerprint density at radius 1 is 1.50 bits per heavy atom. The van der Waals surface area contributed by atoms with E-state index in [1.807, 2.05) is 0 Å². The second-order valence-electron chi connectivity index (χ2n) is 3.91. The average molecular weight is 208 g/mol. The second kappa shape index (κ2) is 2.62. The van der Waals surface area contributed by atoms with Crippen molar-refractivity contribution in [2.24, 2.45) is 0 Å². The molecule has 1 unspecified atom stereocenters. The van der Waals surface area contributed by atoms with Crippen LogP contribution in [-0.2, 0) is 4.79 Å². The van der Waals surface area contributed by atoms with Gasteiger partial charge in [-0.3, -0.25) is 10.1 Å². The van der Waals surface area contributed by atoms with Crippen molar-refractivity contribution in [1.29, 1.82) is 0 Å². The van der Waals surface area contributed by atoms with Crippen molar-refractivity contribution in [2.75, 3.05) is 6.67 Å². The van der Waals surface area contributed by atoms with Gasteiger partial charge in [-0.25, -0.2) is 0 Å². The standard InChI is InChI=1S/C8H11F3N2O/c1-5(8(9,10)11)13-4-12-7(2-3-7)6(13)14/h5,12H,2-4H2,1H3. The van der Waals surface area contributed by atoms with E-state index in [1.165, 1.54) is 0 Å². The molecule has 1 heterocycles. The molecule has 1 amide bonds. The highest BCUT2D eigenvalue weighted by Gasteiger charge is 2.58. The van der Waals surface area contributed by atoms with E-state index in [4.69, 9.17) is 0 Å². The zero-order chi connectivity index (χ0) is 10.6. The first kappa shape index (κ1) is 9.76. The number of nitrogens with zero attached hydrogens (tertiary/aromatic N) is 1. The van der Waals surface area contributed by atoms with Crippen LogP contribution in [0.1, 0.15) is 19.8 Å². The zero-order valence-corrected chi connectivity index (χ0v) is 7.69. The molecule has 0 aromatic rings. The fourth-order valence-corrected chi connectivity index (χ4v) is 1.66. The Kier molecular flexibility index (Phi) is 1.83. The third-order valence-electron chi connectivity index (χ3n) is 2.95. The molecule has 1 N–H and O–H groups in total. The highest BCUT2D eigenvalue weighted by atomic mass is 19.4. The van der Waals surface area contributed by atoms with E-state index in [9.17, 15) is 18.0 Å². The van der Waals surface area contributed by atoms with Gasteiger partial charge in [0.15, 0.2) is 0 Å². The summed E-state index contributed by atoms with van der Waals surface area (Å²) in [7, 11) is 0. The van der Waals surface area contributed by atoms with E-state index in [0.29, 0.717) is 12.8 Å². The molecule has 0 aromatic carbocycles. The van der Waals surface area contributed by atoms with Gasteiger partial charge in [-0.1, -0.05) is 0 Å². The quantitative estimate of drug-likeness (QED) is 0.693. The number of halogens is 3. The maximum absolute atomic E-state index is 12.3. The van der Waals surface area contributed by atoms with Crippen molar-refractivity contribution in [3.8, 4) is 0 Å². The van der Waals surface area contributed by atoms with Crippen LogP contribution in [0.25, 0.3) is 0 Å². The maximum Gasteiger partial charge on any atom is 0.408 e. The minimum atomic E-state index is -4.34. The first-order chi connectivity index (χ1) is 6.37. The molecule has 1 aliphatic carbocycles. The summed E-state index contributed by atoms with van der Waals surface area (Å²) in [6.07, 6.45) is -3.02. The van der Waals surface area contributed by atoms with Gasteiger partial charge in [-0.2, -0.15) is 13.2 Å². The lowest BCUT2D eigenvalue weighted by atomic mass is 10.2. The van der Waals surface area contributed by atoms with Gasteiger partial charge < -0.3 is 4.90 Å². The lowest BCUT2D eigenvalue weighted by Crippen LogP contribution is -2.45. The molecule has 80 valence electrons. The molecule has 3 nitrogen and oxygen atoms in total. The Morgan fingerprint density at radius 2 is 2.07 bits per heavy atom. The summed E-state index contributed by atoms with van der Waals surface area (Å²) < 4.78 is 37.0. The van der Waals surface area contributed by atoms with E-state index in [0.717, 1.165) is 11.8 Å². The van der Waals surface area contributed by atoms with Gasteiger partial charge in [0, 0.05) is 0 Å². The summed E-state index contributed by atoms with van der Waals surface area (Å²) in [4.78, 5) is 12.4. The normalized spacial score (nSPS) is 27.1. The average Bonchev–Trinajstić information content (AvgIpc) is 2.76. The van der Waals surface area contributed by atoms with Gasteiger partial charge >= 0.3 is 6.18 Å². The predicted molar refractivity (Wildman–Crippen MR) is 42.3 cm³/mol. The van der Waals surface area contributed by atoms with Crippen molar-refractivity contribution in [3.05, 3.63) is 0 Å². The predicted octanol–water partition coefficient (Wildman–Crippen LogP) is 0.859. The van der Waals surface area contributed by atoms with Crippen LogP contribution in [0.2, 0.25) is 0 Å². The minimum absolute atomic E-state index is 0.0134. The van der Waals surface area contributed by atoms with Crippen molar-refractivity contribution >= 4 is 5.91 Å². The molecule has 14 heavy (non-hydrogen) atoms. The fraction of sp³-hybridized carbons (Fsp3) is 0.875. The molecule has 1 spiro atoms. The van der Waals surface area contributed by atoms with Crippen LogP contribution in [-0.4, -0.2) is 35.2 Å². The molecule has 2 fully saturated rings. The van der Waals surface area contributed by atoms with Crippen LogP contribution in [0.5, 0.6) is 0 Å². The van der Waals surface area contributed by atoms with Crippen LogP contribution in [0, 0.1) is 0 Å². The van der Waals surface area contributed by atoms with E-state index < -0.39 is 23.7 Å². The number of rotatable bonds is 1. The third kappa shape index (κ3) is 1.28. The maximum atomic E-state index is 12.3. The van der Waals surface area contributed by atoms with E-state index in [2.05, 4.69) is 5.32 Å². The molecule has 1 saturated carbocycles. The zero-order valence-electron chi connectivity index (χ0n) is 7.69. The first-order valence-electron chi connectivity index (χ1n) is 4.50. The molecular weight excluding hydrogens is 197 g/mol. The molecule has 1 saturated heterocycles. The molecule has 1 atom stereocenters. The Hall–Kier alpha value is -0.780. The highest BCUT2D eigenvalue weighted by Crippen LogP contribution is 2.42. The summed E-state index contributed by atoms with van der Waals surface area (Å²) in [5.74, 6) is -0.401. The monoisotopic (exact) mass is 208 g/mol. The largest absolute Gasteiger partial charge is 0.408 e. The molecular formula is C8H11F3N2O. The van der Waals surface area contributed by atoms with Gasteiger partial charge in [-0.05, 0) is 19.8 Å². The van der Waals surface area contributed by atoms with Crippen molar-refractivity contribution in [1.82, 2.24) is 10.2 Å². The lowest BCUT2D eigenvalue weighted by molar-refractivity contribution is -0.182. The van der Waals surface area contributed by atoms with Gasteiger partial charge in [0.1, 0.15) is 6.04 Å². The molecule has 2 aliphatic rings. The number of carbonyl (C=O) groups is 1. The molecule has 1 aliphatic heterocycles. The Morgan fingerprint density at radius 3 is 2.43 bits per heavy atom. The van der Waals surface area contributed by atoms with Crippen molar-refractivity contribution in [2.45, 2.75) is 37.5 Å². The highest BCUT2D eigenvalue weighted by molar-refractivity contribution is 5.91. The molecule has 2 rings (SSSR count). The molecule has 0 aromatic heterocycles. The van der Waals surface area contributed by atoms with Crippen molar-refractivity contribution in [3.63, 3.8) is 0 Å². The van der Waals surface area contributed by atoms with E-state index in [1.54, 1.807) is 0 Å². The topological polar surface area (TPSA) is 32.3 Å². The first-order valence-corrected chi connectivity index (χ1v) is 4.50. The SMILES string of the molecule is CC(N1CNC2(CC2)C1=O)C(F)(F)F. The van der Waals surface area contributed by atoms with E-state index >= 15 is 0 Å². The van der Waals surface area contributed by atoms with Gasteiger partial charge in [0.25, 0.3) is 0 Å². The fourth-order valence-electron chi connectivity index (χ4n) is 1.66. The van der Waals surface area contributed by atoms with Gasteiger partial charge in [-0.15, -0.1) is 0 Å². The van der Waals surface area contributed by atoms with Crippen LogP contribution in [0.3, 0.4) is 0 Å². The summed E-state index contributed by atoms with van der Waals surface area (Å²) in [6.45, 7) is 1.03. The Labute approximate surface area is 79.3 Å². The number of alkyl halides is 3. The summed E-state index contributed by atoms with van der Waals surface area (Å²) in [5.41, 5.74) is -0.639. The number of amides is 1. The summed E-state index contributed by atoms with van der Waals surface area (Å²) >= 11 is 0. The second-order valence-corrected chi connectivity index (χ2v) is 3.91. The lowest BCUT2D eigenvalue weighted by Gasteiger charge is -2.25. The van der Waals surface area contributed by atoms with Crippen molar-refractivity contribution < 1.29 is 18.0 Å². The number of hydrogen-bond acceptors (Lipinski definition) is 2. The van der Waals surface area contributed by atoms with Gasteiger partial charge in [0.05, 0.1) is 12.2 Å². The number of hydrogen-bond donors (Lipinski definition) is 1. The van der Waals surface area contributed by atoms with E-state index in [-0.39, 0.29) is 6.67 Å².